The summed E-state index contributed by atoms with van der Waals surface area (Å²) in [6.07, 6.45) is 0. The molecule has 0 fully saturated rings. The molecule has 0 aliphatic carbocycles. The second kappa shape index (κ2) is 6.42. The van der Waals surface area contributed by atoms with Crippen molar-refractivity contribution in [3.05, 3.63) is 59.2 Å². The molecule has 5 nitrogen and oxygen atoms in total. The molecule has 6 heteroatoms. The first-order valence-electron chi connectivity index (χ1n) is 7.17. The van der Waals surface area contributed by atoms with Crippen molar-refractivity contribution in [2.45, 2.75) is 31.6 Å². The first-order chi connectivity index (χ1) is 10.7. The van der Waals surface area contributed by atoms with Gasteiger partial charge >= 0.3 is 5.97 Å². The summed E-state index contributed by atoms with van der Waals surface area (Å²) in [5, 5.41) is 8.99. The maximum absolute atomic E-state index is 12.6. The largest absolute Gasteiger partial charge is 0.478 e. The van der Waals surface area contributed by atoms with E-state index in [9.17, 15) is 13.2 Å². The van der Waals surface area contributed by atoms with E-state index in [1.807, 2.05) is 19.9 Å². The van der Waals surface area contributed by atoms with Crippen LogP contribution in [0.2, 0.25) is 0 Å². The van der Waals surface area contributed by atoms with Crippen molar-refractivity contribution in [1.82, 2.24) is 0 Å². The fraction of sp³-hybridized carbons (Fsp3) is 0.235. The average molecular weight is 333 g/mol. The van der Waals surface area contributed by atoms with Gasteiger partial charge in [0, 0.05) is 5.69 Å². The van der Waals surface area contributed by atoms with Crippen molar-refractivity contribution >= 4 is 21.7 Å². The Balaban J connectivity index is 2.41. The number of anilines is 1. The number of carboxylic acid groups (broad SMARTS) is 1. The predicted octanol–water partition coefficient (Wildman–Crippen LogP) is 3.62. The fourth-order valence-electron chi connectivity index (χ4n) is 2.19. The van der Waals surface area contributed by atoms with Crippen molar-refractivity contribution in [1.29, 1.82) is 0 Å². The molecule has 2 aromatic carbocycles. The van der Waals surface area contributed by atoms with Gasteiger partial charge in [-0.15, -0.1) is 0 Å². The molecule has 0 heterocycles. The number of rotatable bonds is 5. The molecular formula is C17H19NO4S. The van der Waals surface area contributed by atoms with Gasteiger partial charge in [0.2, 0.25) is 0 Å². The van der Waals surface area contributed by atoms with Crippen molar-refractivity contribution in [3.63, 3.8) is 0 Å². The lowest BCUT2D eigenvalue weighted by Crippen LogP contribution is -2.15. The second-order valence-electron chi connectivity index (χ2n) is 5.67. The summed E-state index contributed by atoms with van der Waals surface area (Å²) >= 11 is 0. The molecule has 0 spiro atoms. The van der Waals surface area contributed by atoms with Gasteiger partial charge in [0.25, 0.3) is 10.0 Å². The molecule has 0 radical (unpaired) electrons. The van der Waals surface area contributed by atoms with E-state index in [2.05, 4.69) is 4.72 Å². The molecule has 0 aliphatic rings. The third-order valence-corrected chi connectivity index (χ3v) is 5.05. The van der Waals surface area contributed by atoms with Crippen LogP contribution in [-0.2, 0) is 10.0 Å². The minimum absolute atomic E-state index is 0.0258. The van der Waals surface area contributed by atoms with Gasteiger partial charge in [-0.05, 0) is 48.2 Å². The van der Waals surface area contributed by atoms with E-state index < -0.39 is 16.0 Å². The maximum atomic E-state index is 12.6. The highest BCUT2D eigenvalue weighted by molar-refractivity contribution is 7.92. The highest BCUT2D eigenvalue weighted by Gasteiger charge is 2.18. The number of hydrogen-bond donors (Lipinski definition) is 2. The molecule has 0 saturated heterocycles. The standard InChI is InChI=1S/C17H19NO4S/c1-11(2)13-8-7-12(3)16(10-13)23(21,22)18-15-6-4-5-14(9-15)17(19)20/h4-11,18H,1-3H3,(H,19,20). The molecule has 0 saturated carbocycles. The zero-order valence-corrected chi connectivity index (χ0v) is 14.0. The highest BCUT2D eigenvalue weighted by Crippen LogP contribution is 2.24. The Bertz CT molecular complexity index is 841. The third kappa shape index (κ3) is 3.90. The minimum Gasteiger partial charge on any atom is -0.478 e. The lowest BCUT2D eigenvalue weighted by atomic mass is 10.0. The summed E-state index contributed by atoms with van der Waals surface area (Å²) in [5.41, 5.74) is 1.81. The Hall–Kier alpha value is -2.34. The Morgan fingerprint density at radius 2 is 1.83 bits per heavy atom. The molecule has 0 amide bonds. The van der Waals surface area contributed by atoms with Gasteiger partial charge in [-0.3, -0.25) is 4.72 Å². The SMILES string of the molecule is Cc1ccc(C(C)C)cc1S(=O)(=O)Nc1cccc(C(=O)O)c1. The van der Waals surface area contributed by atoms with E-state index in [0.717, 1.165) is 5.56 Å². The van der Waals surface area contributed by atoms with Crippen LogP contribution in [-0.4, -0.2) is 19.5 Å². The first-order valence-corrected chi connectivity index (χ1v) is 8.66. The second-order valence-corrected chi connectivity index (χ2v) is 7.32. The molecule has 2 rings (SSSR count). The molecule has 2 N–H and O–H groups in total. The van der Waals surface area contributed by atoms with Crippen LogP contribution in [0, 0.1) is 6.92 Å². The number of benzene rings is 2. The zero-order chi connectivity index (χ0) is 17.2. The van der Waals surface area contributed by atoms with E-state index in [1.165, 1.54) is 24.3 Å². The molecule has 0 atom stereocenters. The van der Waals surface area contributed by atoms with E-state index in [1.54, 1.807) is 19.1 Å². The average Bonchev–Trinajstić information content (AvgIpc) is 2.47. The Labute approximate surface area is 136 Å². The topological polar surface area (TPSA) is 83.5 Å². The van der Waals surface area contributed by atoms with Crippen LogP contribution < -0.4 is 4.72 Å². The molecule has 0 aromatic heterocycles. The van der Waals surface area contributed by atoms with Gasteiger partial charge in [0.05, 0.1) is 10.5 Å². The molecule has 0 bridgehead atoms. The number of nitrogens with one attached hydrogen (secondary N) is 1. The first kappa shape index (κ1) is 17.0. The predicted molar refractivity (Wildman–Crippen MR) is 89.5 cm³/mol. The van der Waals surface area contributed by atoms with Gasteiger partial charge in [-0.1, -0.05) is 32.0 Å². The lowest BCUT2D eigenvalue weighted by molar-refractivity contribution is 0.0697. The van der Waals surface area contributed by atoms with Crippen LogP contribution in [0.4, 0.5) is 5.69 Å². The van der Waals surface area contributed by atoms with Crippen LogP contribution in [0.5, 0.6) is 0 Å². The monoisotopic (exact) mass is 333 g/mol. The minimum atomic E-state index is -3.79. The van der Waals surface area contributed by atoms with Crippen LogP contribution >= 0.6 is 0 Å². The molecule has 0 aliphatic heterocycles. The summed E-state index contributed by atoms with van der Waals surface area (Å²) < 4.78 is 27.7. The normalized spacial score (nSPS) is 11.5. The van der Waals surface area contributed by atoms with Crippen molar-refractivity contribution < 1.29 is 18.3 Å². The molecule has 0 unspecified atom stereocenters. The van der Waals surface area contributed by atoms with Crippen LogP contribution in [0.3, 0.4) is 0 Å². The number of aromatic carboxylic acids is 1. The van der Waals surface area contributed by atoms with E-state index in [4.69, 9.17) is 5.11 Å². The van der Waals surface area contributed by atoms with Crippen molar-refractivity contribution in [2.24, 2.45) is 0 Å². The summed E-state index contributed by atoms with van der Waals surface area (Å²) in [5.74, 6) is -0.899. The van der Waals surface area contributed by atoms with E-state index in [-0.39, 0.29) is 22.1 Å². The Kier molecular flexibility index (Phi) is 4.75. The molecule has 23 heavy (non-hydrogen) atoms. The Morgan fingerprint density at radius 3 is 2.43 bits per heavy atom. The van der Waals surface area contributed by atoms with Crippen molar-refractivity contribution in [3.8, 4) is 0 Å². The van der Waals surface area contributed by atoms with E-state index >= 15 is 0 Å². The quantitative estimate of drug-likeness (QED) is 0.875. The van der Waals surface area contributed by atoms with Crippen LogP contribution in [0.15, 0.2) is 47.4 Å². The van der Waals surface area contributed by atoms with Gasteiger partial charge in [-0.2, -0.15) is 0 Å². The van der Waals surface area contributed by atoms with Gasteiger partial charge < -0.3 is 5.11 Å². The third-order valence-electron chi connectivity index (χ3n) is 3.53. The number of hydrogen-bond acceptors (Lipinski definition) is 3. The van der Waals surface area contributed by atoms with Gasteiger partial charge in [0.15, 0.2) is 0 Å². The van der Waals surface area contributed by atoms with E-state index in [0.29, 0.717) is 5.56 Å². The lowest BCUT2D eigenvalue weighted by Gasteiger charge is -2.13. The Morgan fingerprint density at radius 1 is 1.13 bits per heavy atom. The summed E-state index contributed by atoms with van der Waals surface area (Å²) in [6.45, 7) is 5.71. The molecule has 122 valence electrons. The summed E-state index contributed by atoms with van der Waals surface area (Å²) in [4.78, 5) is 11.2. The summed E-state index contributed by atoms with van der Waals surface area (Å²) in [6, 6.07) is 11.1. The maximum Gasteiger partial charge on any atom is 0.335 e. The molecule has 2 aromatic rings. The number of aryl methyl sites for hydroxylation is 1. The van der Waals surface area contributed by atoms with Crippen molar-refractivity contribution in [2.75, 3.05) is 4.72 Å². The van der Waals surface area contributed by atoms with Gasteiger partial charge in [-0.25, -0.2) is 13.2 Å². The van der Waals surface area contributed by atoms with Gasteiger partial charge in [0.1, 0.15) is 0 Å². The number of carboxylic acids is 1. The number of sulfonamides is 1. The summed E-state index contributed by atoms with van der Waals surface area (Å²) in [7, 11) is -3.79. The van der Waals surface area contributed by atoms with Crippen LogP contribution in [0.1, 0.15) is 41.3 Å². The smallest absolute Gasteiger partial charge is 0.335 e. The highest BCUT2D eigenvalue weighted by atomic mass is 32.2. The fourth-order valence-corrected chi connectivity index (χ4v) is 3.52. The number of carbonyl (C=O) groups is 1. The zero-order valence-electron chi connectivity index (χ0n) is 13.2. The molecular weight excluding hydrogens is 314 g/mol. The van der Waals surface area contributed by atoms with Crippen LogP contribution in [0.25, 0.3) is 0 Å².